The Labute approximate surface area is 152 Å². The Morgan fingerprint density at radius 2 is 1.92 bits per heavy atom. The van der Waals surface area contributed by atoms with E-state index in [0.717, 1.165) is 43.7 Å². The largest absolute Gasteiger partial charge is 0.497 e. The summed E-state index contributed by atoms with van der Waals surface area (Å²) < 4.78 is 11.2. The SMILES string of the molecule is CCOC(CCNC(=NC)NCc1ccc(OC)cc1)C1CCCC1. The fourth-order valence-electron chi connectivity index (χ4n) is 3.48. The molecule has 0 spiro atoms. The van der Waals surface area contributed by atoms with Gasteiger partial charge in [0.05, 0.1) is 13.2 Å². The van der Waals surface area contributed by atoms with Crippen LogP contribution in [0.5, 0.6) is 5.75 Å². The van der Waals surface area contributed by atoms with Crippen LogP contribution in [0, 0.1) is 5.92 Å². The molecule has 1 unspecified atom stereocenters. The average Bonchev–Trinajstić information content (AvgIpc) is 3.18. The van der Waals surface area contributed by atoms with Crippen molar-refractivity contribution in [2.45, 2.75) is 51.7 Å². The molecule has 1 aliphatic rings. The molecule has 140 valence electrons. The average molecular weight is 348 g/mol. The summed E-state index contributed by atoms with van der Waals surface area (Å²) in [7, 11) is 3.49. The first-order valence-corrected chi connectivity index (χ1v) is 9.45. The molecule has 0 aromatic heterocycles. The van der Waals surface area contributed by atoms with Gasteiger partial charge in [-0.05, 0) is 49.8 Å². The van der Waals surface area contributed by atoms with Gasteiger partial charge in [0.2, 0.25) is 0 Å². The topological polar surface area (TPSA) is 54.9 Å². The first-order chi connectivity index (χ1) is 12.3. The van der Waals surface area contributed by atoms with Crippen molar-refractivity contribution >= 4 is 5.96 Å². The predicted molar refractivity (Wildman–Crippen MR) is 103 cm³/mol. The number of methoxy groups -OCH3 is 1. The van der Waals surface area contributed by atoms with Crippen LogP contribution in [-0.2, 0) is 11.3 Å². The first kappa shape index (κ1) is 19.6. The highest BCUT2D eigenvalue weighted by Crippen LogP contribution is 2.30. The molecule has 2 rings (SSSR count). The van der Waals surface area contributed by atoms with E-state index in [4.69, 9.17) is 9.47 Å². The van der Waals surface area contributed by atoms with E-state index in [1.165, 1.54) is 31.2 Å². The highest BCUT2D eigenvalue weighted by molar-refractivity contribution is 5.79. The van der Waals surface area contributed by atoms with E-state index >= 15 is 0 Å². The Morgan fingerprint density at radius 1 is 1.20 bits per heavy atom. The van der Waals surface area contributed by atoms with Crippen LogP contribution in [0.2, 0.25) is 0 Å². The molecule has 1 fully saturated rings. The maximum absolute atomic E-state index is 5.98. The minimum absolute atomic E-state index is 0.375. The molecule has 25 heavy (non-hydrogen) atoms. The van der Waals surface area contributed by atoms with Crippen molar-refractivity contribution in [2.24, 2.45) is 10.9 Å². The lowest BCUT2D eigenvalue weighted by Crippen LogP contribution is -2.39. The van der Waals surface area contributed by atoms with Gasteiger partial charge in [0.15, 0.2) is 5.96 Å². The molecule has 5 heteroatoms. The van der Waals surface area contributed by atoms with E-state index in [1.807, 2.05) is 12.1 Å². The number of hydrogen-bond acceptors (Lipinski definition) is 3. The number of benzene rings is 1. The standard InChI is InChI=1S/C20H33N3O2/c1-4-25-19(17-7-5-6-8-17)13-14-22-20(21-2)23-15-16-9-11-18(24-3)12-10-16/h9-12,17,19H,4-8,13-15H2,1-3H3,(H2,21,22,23). The van der Waals surface area contributed by atoms with Gasteiger partial charge < -0.3 is 20.1 Å². The zero-order valence-electron chi connectivity index (χ0n) is 15.9. The minimum Gasteiger partial charge on any atom is -0.497 e. The third-order valence-electron chi connectivity index (χ3n) is 4.87. The summed E-state index contributed by atoms with van der Waals surface area (Å²) >= 11 is 0. The molecule has 1 aliphatic carbocycles. The lowest BCUT2D eigenvalue weighted by molar-refractivity contribution is 0.0169. The van der Waals surface area contributed by atoms with E-state index < -0.39 is 0 Å². The van der Waals surface area contributed by atoms with Crippen molar-refractivity contribution in [1.29, 1.82) is 0 Å². The fourth-order valence-corrected chi connectivity index (χ4v) is 3.48. The summed E-state index contributed by atoms with van der Waals surface area (Å²) in [5, 5.41) is 6.76. The van der Waals surface area contributed by atoms with Crippen LogP contribution in [0.1, 0.15) is 44.6 Å². The van der Waals surface area contributed by atoms with Gasteiger partial charge in [0.1, 0.15) is 5.75 Å². The van der Waals surface area contributed by atoms with Crippen molar-refractivity contribution in [1.82, 2.24) is 10.6 Å². The zero-order valence-corrected chi connectivity index (χ0v) is 15.9. The summed E-state index contributed by atoms with van der Waals surface area (Å²) in [6.45, 7) is 4.50. The van der Waals surface area contributed by atoms with E-state index in [-0.39, 0.29) is 0 Å². The number of aliphatic imine (C=N–C) groups is 1. The fraction of sp³-hybridized carbons (Fsp3) is 0.650. The summed E-state index contributed by atoms with van der Waals surface area (Å²) in [5.74, 6) is 2.44. The smallest absolute Gasteiger partial charge is 0.191 e. The highest BCUT2D eigenvalue weighted by atomic mass is 16.5. The van der Waals surface area contributed by atoms with Crippen molar-refractivity contribution < 1.29 is 9.47 Å². The molecule has 0 bridgehead atoms. The third-order valence-corrected chi connectivity index (χ3v) is 4.87. The van der Waals surface area contributed by atoms with E-state index in [1.54, 1.807) is 14.2 Å². The maximum Gasteiger partial charge on any atom is 0.191 e. The van der Waals surface area contributed by atoms with E-state index in [9.17, 15) is 0 Å². The predicted octanol–water partition coefficient (Wildman–Crippen LogP) is 3.35. The Balaban J connectivity index is 1.73. The normalized spacial score (nSPS) is 16.7. The van der Waals surface area contributed by atoms with Gasteiger partial charge in [-0.1, -0.05) is 25.0 Å². The molecular formula is C20H33N3O2. The van der Waals surface area contributed by atoms with Crippen LogP contribution in [0.25, 0.3) is 0 Å². The second-order valence-corrected chi connectivity index (χ2v) is 6.53. The summed E-state index contributed by atoms with van der Waals surface area (Å²) in [4.78, 5) is 4.31. The number of nitrogens with one attached hydrogen (secondary N) is 2. The summed E-state index contributed by atoms with van der Waals surface area (Å²) in [5.41, 5.74) is 1.20. The second-order valence-electron chi connectivity index (χ2n) is 6.53. The van der Waals surface area contributed by atoms with Gasteiger partial charge in [0.25, 0.3) is 0 Å². The maximum atomic E-state index is 5.98. The van der Waals surface area contributed by atoms with Crippen molar-refractivity contribution in [2.75, 3.05) is 27.3 Å². The molecule has 1 atom stereocenters. The molecule has 5 nitrogen and oxygen atoms in total. The van der Waals surface area contributed by atoms with Gasteiger partial charge in [-0.3, -0.25) is 4.99 Å². The Morgan fingerprint density at radius 3 is 2.52 bits per heavy atom. The van der Waals surface area contributed by atoms with E-state index in [0.29, 0.717) is 6.10 Å². The molecule has 0 amide bonds. The highest BCUT2D eigenvalue weighted by Gasteiger charge is 2.24. The molecule has 1 saturated carbocycles. The molecule has 1 aromatic rings. The number of rotatable bonds is 9. The van der Waals surface area contributed by atoms with Crippen LogP contribution in [0.4, 0.5) is 0 Å². The lowest BCUT2D eigenvalue weighted by Gasteiger charge is -2.24. The van der Waals surface area contributed by atoms with Gasteiger partial charge in [-0.2, -0.15) is 0 Å². The van der Waals surface area contributed by atoms with Gasteiger partial charge in [0, 0.05) is 26.7 Å². The molecule has 2 N–H and O–H groups in total. The van der Waals surface area contributed by atoms with Gasteiger partial charge in [-0.15, -0.1) is 0 Å². The molecule has 1 aromatic carbocycles. The van der Waals surface area contributed by atoms with Crippen molar-refractivity contribution in [3.8, 4) is 5.75 Å². The lowest BCUT2D eigenvalue weighted by atomic mass is 9.98. The number of ether oxygens (including phenoxy) is 2. The first-order valence-electron chi connectivity index (χ1n) is 9.45. The van der Waals surface area contributed by atoms with Crippen LogP contribution < -0.4 is 15.4 Å². The quantitative estimate of drug-likeness (QED) is 0.531. The van der Waals surface area contributed by atoms with Crippen LogP contribution >= 0.6 is 0 Å². The molecule has 0 saturated heterocycles. The van der Waals surface area contributed by atoms with Crippen LogP contribution in [0.15, 0.2) is 29.3 Å². The Kier molecular flexibility index (Phi) is 8.60. The minimum atomic E-state index is 0.375. The molecular weight excluding hydrogens is 314 g/mol. The number of nitrogens with zero attached hydrogens (tertiary/aromatic N) is 1. The zero-order chi connectivity index (χ0) is 17.9. The molecule has 0 heterocycles. The number of hydrogen-bond donors (Lipinski definition) is 2. The third kappa shape index (κ3) is 6.58. The molecule has 0 radical (unpaired) electrons. The summed E-state index contributed by atoms with van der Waals surface area (Å²) in [6.07, 6.45) is 6.74. The van der Waals surface area contributed by atoms with Crippen molar-refractivity contribution in [3.63, 3.8) is 0 Å². The second kappa shape index (κ2) is 11.0. The van der Waals surface area contributed by atoms with E-state index in [2.05, 4.69) is 34.7 Å². The monoisotopic (exact) mass is 347 g/mol. The Bertz CT molecular complexity index is 510. The Hall–Kier alpha value is -1.75. The van der Waals surface area contributed by atoms with Gasteiger partial charge >= 0.3 is 0 Å². The summed E-state index contributed by atoms with van der Waals surface area (Å²) in [6, 6.07) is 8.07. The molecule has 0 aliphatic heterocycles. The van der Waals surface area contributed by atoms with Crippen LogP contribution in [0.3, 0.4) is 0 Å². The van der Waals surface area contributed by atoms with Gasteiger partial charge in [-0.25, -0.2) is 0 Å². The van der Waals surface area contributed by atoms with Crippen molar-refractivity contribution in [3.05, 3.63) is 29.8 Å². The van der Waals surface area contributed by atoms with Crippen LogP contribution in [-0.4, -0.2) is 39.4 Å². The number of guanidine groups is 1.